The van der Waals surface area contributed by atoms with Gasteiger partial charge >= 0.3 is 0 Å². The molecule has 0 aromatic heterocycles. The molecule has 70 valence electrons. The van der Waals surface area contributed by atoms with Crippen molar-refractivity contribution in [1.82, 2.24) is 4.90 Å². The molecule has 0 saturated carbocycles. The summed E-state index contributed by atoms with van der Waals surface area (Å²) in [5.74, 6) is 0.821. The average Bonchev–Trinajstić information content (AvgIpc) is 2.03. The normalized spacial score (nSPS) is 26.2. The molecule has 12 heavy (non-hydrogen) atoms. The lowest BCUT2D eigenvalue weighted by atomic mass is 9.88. The maximum absolute atomic E-state index is 4.16. The second-order valence-corrected chi connectivity index (χ2v) is 4.02. The minimum absolute atomic E-state index is 0.821. The maximum atomic E-state index is 4.16. The van der Waals surface area contributed by atoms with Crippen molar-refractivity contribution in [1.29, 1.82) is 0 Å². The van der Waals surface area contributed by atoms with Crippen LogP contribution >= 0.6 is 0 Å². The molecule has 0 aliphatic carbocycles. The number of piperidine rings is 1. The standard InChI is InChI=1S/C11H21N/c1-4-5-6-11-7-8-12(3)9-10(11)2/h11H,2,4-9H2,1,3H3. The summed E-state index contributed by atoms with van der Waals surface area (Å²) in [6.45, 7) is 8.80. The van der Waals surface area contributed by atoms with E-state index in [1.54, 1.807) is 0 Å². The van der Waals surface area contributed by atoms with Gasteiger partial charge in [0.05, 0.1) is 0 Å². The van der Waals surface area contributed by atoms with Gasteiger partial charge in [-0.25, -0.2) is 0 Å². The lowest BCUT2D eigenvalue weighted by molar-refractivity contribution is 0.270. The van der Waals surface area contributed by atoms with Gasteiger partial charge in [0.1, 0.15) is 0 Å². The van der Waals surface area contributed by atoms with Crippen LogP contribution in [0.2, 0.25) is 0 Å². The fraction of sp³-hybridized carbons (Fsp3) is 0.818. The second-order valence-electron chi connectivity index (χ2n) is 4.02. The fourth-order valence-corrected chi connectivity index (χ4v) is 1.93. The zero-order valence-electron chi connectivity index (χ0n) is 8.47. The van der Waals surface area contributed by atoms with Gasteiger partial charge in [-0.3, -0.25) is 0 Å². The Morgan fingerprint density at radius 1 is 1.58 bits per heavy atom. The molecule has 0 radical (unpaired) electrons. The molecule has 1 heteroatoms. The van der Waals surface area contributed by atoms with Gasteiger partial charge in [0, 0.05) is 6.54 Å². The molecule has 1 saturated heterocycles. The molecule has 1 unspecified atom stereocenters. The van der Waals surface area contributed by atoms with E-state index in [-0.39, 0.29) is 0 Å². The number of hydrogen-bond acceptors (Lipinski definition) is 1. The van der Waals surface area contributed by atoms with Crippen LogP contribution in [0.4, 0.5) is 0 Å². The first-order valence-electron chi connectivity index (χ1n) is 5.10. The van der Waals surface area contributed by atoms with Gasteiger partial charge in [-0.15, -0.1) is 0 Å². The summed E-state index contributed by atoms with van der Waals surface area (Å²) < 4.78 is 0. The highest BCUT2D eigenvalue weighted by Gasteiger charge is 2.19. The highest BCUT2D eigenvalue weighted by atomic mass is 15.1. The Labute approximate surface area is 76.5 Å². The first kappa shape index (κ1) is 9.79. The molecular weight excluding hydrogens is 146 g/mol. The number of hydrogen-bond donors (Lipinski definition) is 0. The smallest absolute Gasteiger partial charge is 0.0189 e. The SMILES string of the molecule is C=C1CN(C)CCC1CCCC. The number of likely N-dealkylation sites (tertiary alicyclic amines) is 1. The van der Waals surface area contributed by atoms with E-state index in [1.807, 2.05) is 0 Å². The Bertz CT molecular complexity index is 149. The van der Waals surface area contributed by atoms with E-state index < -0.39 is 0 Å². The van der Waals surface area contributed by atoms with Gasteiger partial charge in [0.25, 0.3) is 0 Å². The monoisotopic (exact) mass is 167 g/mol. The van der Waals surface area contributed by atoms with Crippen LogP contribution in [0.3, 0.4) is 0 Å². The second kappa shape index (κ2) is 4.66. The van der Waals surface area contributed by atoms with E-state index in [4.69, 9.17) is 0 Å². The molecule has 0 aromatic carbocycles. The molecule has 1 rings (SSSR count). The van der Waals surface area contributed by atoms with E-state index in [2.05, 4.69) is 25.5 Å². The van der Waals surface area contributed by atoms with Crippen molar-refractivity contribution in [3.63, 3.8) is 0 Å². The van der Waals surface area contributed by atoms with E-state index in [0.717, 1.165) is 12.5 Å². The Balaban J connectivity index is 2.30. The average molecular weight is 167 g/mol. The number of nitrogens with zero attached hydrogens (tertiary/aromatic N) is 1. The molecule has 0 amide bonds. The van der Waals surface area contributed by atoms with Crippen LogP contribution < -0.4 is 0 Å². The molecule has 1 heterocycles. The summed E-state index contributed by atoms with van der Waals surface area (Å²) in [5, 5.41) is 0. The molecule has 0 aromatic rings. The van der Waals surface area contributed by atoms with E-state index in [9.17, 15) is 0 Å². The molecule has 0 bridgehead atoms. The van der Waals surface area contributed by atoms with Crippen molar-refractivity contribution in [2.75, 3.05) is 20.1 Å². The van der Waals surface area contributed by atoms with Crippen molar-refractivity contribution >= 4 is 0 Å². The first-order chi connectivity index (χ1) is 5.74. The number of unbranched alkanes of at least 4 members (excludes halogenated alkanes) is 1. The van der Waals surface area contributed by atoms with Gasteiger partial charge in [-0.05, 0) is 32.4 Å². The van der Waals surface area contributed by atoms with Crippen LogP contribution in [0.25, 0.3) is 0 Å². The summed E-state index contributed by atoms with van der Waals surface area (Å²) >= 11 is 0. The lowest BCUT2D eigenvalue weighted by Gasteiger charge is -2.31. The molecule has 1 nitrogen and oxygen atoms in total. The topological polar surface area (TPSA) is 3.24 Å². The molecular formula is C11H21N. The third kappa shape index (κ3) is 2.63. The number of rotatable bonds is 3. The summed E-state index contributed by atoms with van der Waals surface area (Å²) in [6.07, 6.45) is 5.38. The van der Waals surface area contributed by atoms with E-state index in [1.165, 1.54) is 37.8 Å². The lowest BCUT2D eigenvalue weighted by Crippen LogP contribution is -2.31. The van der Waals surface area contributed by atoms with Crippen LogP contribution in [0, 0.1) is 5.92 Å². The van der Waals surface area contributed by atoms with Crippen molar-refractivity contribution < 1.29 is 0 Å². The zero-order valence-corrected chi connectivity index (χ0v) is 8.47. The minimum atomic E-state index is 0.821. The Morgan fingerprint density at radius 3 is 2.92 bits per heavy atom. The predicted octanol–water partition coefficient (Wildman–Crippen LogP) is 2.68. The maximum Gasteiger partial charge on any atom is 0.0189 e. The quantitative estimate of drug-likeness (QED) is 0.584. The van der Waals surface area contributed by atoms with Crippen molar-refractivity contribution in [3.05, 3.63) is 12.2 Å². The third-order valence-electron chi connectivity index (χ3n) is 2.82. The van der Waals surface area contributed by atoms with Crippen LogP contribution in [0.15, 0.2) is 12.2 Å². The van der Waals surface area contributed by atoms with Crippen LogP contribution in [-0.4, -0.2) is 25.0 Å². The first-order valence-corrected chi connectivity index (χ1v) is 5.10. The van der Waals surface area contributed by atoms with Crippen molar-refractivity contribution in [2.24, 2.45) is 5.92 Å². The largest absolute Gasteiger partial charge is 0.302 e. The molecule has 0 N–H and O–H groups in total. The molecule has 1 atom stereocenters. The highest BCUT2D eigenvalue weighted by Crippen LogP contribution is 2.25. The van der Waals surface area contributed by atoms with Gasteiger partial charge in [-0.1, -0.05) is 31.9 Å². The van der Waals surface area contributed by atoms with Crippen LogP contribution in [0.5, 0.6) is 0 Å². The molecule has 1 aliphatic rings. The third-order valence-corrected chi connectivity index (χ3v) is 2.82. The zero-order chi connectivity index (χ0) is 8.97. The predicted molar refractivity (Wildman–Crippen MR) is 54.3 cm³/mol. The minimum Gasteiger partial charge on any atom is -0.302 e. The van der Waals surface area contributed by atoms with Crippen molar-refractivity contribution in [2.45, 2.75) is 32.6 Å². The van der Waals surface area contributed by atoms with Crippen LogP contribution in [-0.2, 0) is 0 Å². The van der Waals surface area contributed by atoms with Gasteiger partial charge in [0.2, 0.25) is 0 Å². The van der Waals surface area contributed by atoms with E-state index >= 15 is 0 Å². The highest BCUT2D eigenvalue weighted by molar-refractivity contribution is 5.06. The van der Waals surface area contributed by atoms with E-state index in [0.29, 0.717) is 0 Å². The van der Waals surface area contributed by atoms with Gasteiger partial charge < -0.3 is 4.90 Å². The Hall–Kier alpha value is -0.300. The van der Waals surface area contributed by atoms with Gasteiger partial charge in [0.15, 0.2) is 0 Å². The Morgan fingerprint density at radius 2 is 2.33 bits per heavy atom. The molecule has 1 fully saturated rings. The summed E-state index contributed by atoms with van der Waals surface area (Å²) in [6, 6.07) is 0. The van der Waals surface area contributed by atoms with Crippen molar-refractivity contribution in [3.8, 4) is 0 Å². The van der Waals surface area contributed by atoms with Crippen LogP contribution in [0.1, 0.15) is 32.6 Å². The summed E-state index contributed by atoms with van der Waals surface area (Å²) in [4.78, 5) is 2.37. The summed E-state index contributed by atoms with van der Waals surface area (Å²) in [7, 11) is 2.18. The Kier molecular flexibility index (Phi) is 3.80. The number of likely N-dealkylation sites (N-methyl/N-ethyl adjacent to an activating group) is 1. The fourth-order valence-electron chi connectivity index (χ4n) is 1.93. The van der Waals surface area contributed by atoms with Gasteiger partial charge in [-0.2, -0.15) is 0 Å². The summed E-state index contributed by atoms with van der Waals surface area (Å²) in [5.41, 5.74) is 1.46. The molecule has 0 spiro atoms. The molecule has 1 aliphatic heterocycles.